The van der Waals surface area contributed by atoms with Gasteiger partial charge in [-0.25, -0.2) is 4.98 Å². The Morgan fingerprint density at radius 2 is 1.79 bits per heavy atom. The lowest BCUT2D eigenvalue weighted by Crippen LogP contribution is -2.33. The van der Waals surface area contributed by atoms with Crippen LogP contribution >= 0.6 is 0 Å². The van der Waals surface area contributed by atoms with E-state index >= 15 is 0 Å². The molecule has 9 nitrogen and oxygen atoms in total. The van der Waals surface area contributed by atoms with Gasteiger partial charge in [0.1, 0.15) is 0 Å². The SMILES string of the molecule is c1cn(CCNC(=NCCc2ccc3c(c2)OCO3)Nc2ccc3c(c2)OCCCO3)cn1. The summed E-state index contributed by atoms with van der Waals surface area (Å²) in [6.45, 7) is 3.70. The molecule has 0 fully saturated rings. The Labute approximate surface area is 192 Å². The third kappa shape index (κ3) is 5.49. The van der Waals surface area contributed by atoms with Crippen LogP contribution < -0.4 is 29.6 Å². The number of aliphatic imine (C=N–C) groups is 1. The van der Waals surface area contributed by atoms with Gasteiger partial charge in [0.2, 0.25) is 6.79 Å². The van der Waals surface area contributed by atoms with E-state index in [-0.39, 0.29) is 6.79 Å². The second-order valence-corrected chi connectivity index (χ2v) is 7.73. The van der Waals surface area contributed by atoms with E-state index in [1.54, 1.807) is 12.5 Å². The molecule has 2 aliphatic rings. The molecular weight excluding hydrogens is 422 g/mol. The van der Waals surface area contributed by atoms with Crippen molar-refractivity contribution in [3.63, 3.8) is 0 Å². The summed E-state index contributed by atoms with van der Waals surface area (Å²) < 4.78 is 24.4. The van der Waals surface area contributed by atoms with Gasteiger partial charge in [0.15, 0.2) is 29.0 Å². The number of aromatic nitrogens is 2. The molecule has 2 aromatic carbocycles. The highest BCUT2D eigenvalue weighted by atomic mass is 16.7. The van der Waals surface area contributed by atoms with E-state index in [9.17, 15) is 0 Å². The highest BCUT2D eigenvalue weighted by Gasteiger charge is 2.14. The largest absolute Gasteiger partial charge is 0.490 e. The number of anilines is 1. The number of hydrogen-bond acceptors (Lipinski definition) is 6. The highest BCUT2D eigenvalue weighted by Crippen LogP contribution is 2.33. The predicted molar refractivity (Wildman–Crippen MR) is 124 cm³/mol. The van der Waals surface area contributed by atoms with Crippen molar-refractivity contribution in [1.82, 2.24) is 14.9 Å². The predicted octanol–water partition coefficient (Wildman–Crippen LogP) is 3.07. The van der Waals surface area contributed by atoms with Crippen LogP contribution in [0, 0.1) is 0 Å². The van der Waals surface area contributed by atoms with Crippen molar-refractivity contribution < 1.29 is 18.9 Å². The van der Waals surface area contributed by atoms with E-state index in [1.165, 1.54) is 0 Å². The molecule has 5 rings (SSSR count). The molecule has 172 valence electrons. The number of guanidine groups is 1. The van der Waals surface area contributed by atoms with Gasteiger partial charge in [0, 0.05) is 50.2 Å². The first-order valence-corrected chi connectivity index (χ1v) is 11.1. The molecule has 0 bridgehead atoms. The van der Waals surface area contributed by atoms with Gasteiger partial charge in [-0.2, -0.15) is 0 Å². The van der Waals surface area contributed by atoms with Gasteiger partial charge in [-0.3, -0.25) is 4.99 Å². The second kappa shape index (κ2) is 10.2. The number of ether oxygens (including phenoxy) is 4. The van der Waals surface area contributed by atoms with E-state index < -0.39 is 0 Å². The standard InChI is InChI=1S/C24H27N5O4/c1-12-30-20-5-3-19(15-23(20)31-13-1)28-24(27-9-11-29-10-8-25-16-29)26-7-6-18-2-4-21-22(14-18)33-17-32-21/h2-5,8,10,14-16H,1,6-7,9,11-13,17H2,(H2,26,27,28). The Hall–Kier alpha value is -3.88. The van der Waals surface area contributed by atoms with Crippen molar-refractivity contribution in [1.29, 1.82) is 0 Å². The minimum absolute atomic E-state index is 0.279. The monoisotopic (exact) mass is 449 g/mol. The Kier molecular flexibility index (Phi) is 6.46. The maximum Gasteiger partial charge on any atom is 0.231 e. The van der Waals surface area contributed by atoms with Crippen molar-refractivity contribution in [3.8, 4) is 23.0 Å². The molecule has 0 aliphatic carbocycles. The maximum absolute atomic E-state index is 5.82. The first kappa shape index (κ1) is 21.0. The zero-order valence-corrected chi connectivity index (χ0v) is 18.3. The van der Waals surface area contributed by atoms with Crippen molar-refractivity contribution in [3.05, 3.63) is 60.7 Å². The number of nitrogens with zero attached hydrogens (tertiary/aromatic N) is 3. The quantitative estimate of drug-likeness (QED) is 0.423. The summed E-state index contributed by atoms with van der Waals surface area (Å²) in [6.07, 6.45) is 7.17. The fourth-order valence-corrected chi connectivity index (χ4v) is 3.63. The van der Waals surface area contributed by atoms with Crippen LogP contribution in [0.4, 0.5) is 5.69 Å². The summed E-state index contributed by atoms with van der Waals surface area (Å²) in [4.78, 5) is 8.87. The average molecular weight is 450 g/mol. The third-order valence-electron chi connectivity index (χ3n) is 5.34. The van der Waals surface area contributed by atoms with Crippen molar-refractivity contribution in [2.45, 2.75) is 19.4 Å². The molecule has 1 aromatic heterocycles. The average Bonchev–Trinajstić information content (AvgIpc) is 3.46. The summed E-state index contributed by atoms with van der Waals surface area (Å²) in [7, 11) is 0. The summed E-state index contributed by atoms with van der Waals surface area (Å²) in [5, 5.41) is 6.79. The van der Waals surface area contributed by atoms with Crippen molar-refractivity contribution >= 4 is 11.6 Å². The lowest BCUT2D eigenvalue weighted by molar-refractivity contribution is 0.174. The fourth-order valence-electron chi connectivity index (χ4n) is 3.63. The summed E-state index contributed by atoms with van der Waals surface area (Å²) in [6, 6.07) is 11.9. The van der Waals surface area contributed by atoms with Crippen molar-refractivity contribution in [2.75, 3.05) is 38.4 Å². The van der Waals surface area contributed by atoms with Crippen LogP contribution in [0.1, 0.15) is 12.0 Å². The van der Waals surface area contributed by atoms with Crippen LogP contribution in [0.15, 0.2) is 60.1 Å². The fraction of sp³-hybridized carbons (Fsp3) is 0.333. The van der Waals surface area contributed by atoms with E-state index in [0.717, 1.165) is 53.6 Å². The molecule has 0 radical (unpaired) electrons. The van der Waals surface area contributed by atoms with Crippen molar-refractivity contribution in [2.24, 2.45) is 4.99 Å². The highest BCUT2D eigenvalue weighted by molar-refractivity contribution is 5.94. The zero-order valence-electron chi connectivity index (χ0n) is 18.3. The topological polar surface area (TPSA) is 91.2 Å². The normalized spacial score (nSPS) is 14.6. The zero-order chi connectivity index (χ0) is 22.3. The van der Waals surface area contributed by atoms with E-state index in [4.69, 9.17) is 23.9 Å². The maximum atomic E-state index is 5.82. The molecule has 2 aliphatic heterocycles. The molecular formula is C24H27N5O4. The molecule has 0 unspecified atom stereocenters. The molecule has 0 atom stereocenters. The van der Waals surface area contributed by atoms with Gasteiger partial charge in [-0.15, -0.1) is 0 Å². The van der Waals surface area contributed by atoms with Gasteiger partial charge in [0.25, 0.3) is 0 Å². The van der Waals surface area contributed by atoms with Gasteiger partial charge in [-0.05, 0) is 36.2 Å². The Morgan fingerprint density at radius 1 is 0.970 bits per heavy atom. The molecule has 3 heterocycles. The number of benzene rings is 2. The van der Waals surface area contributed by atoms with E-state index in [1.807, 2.05) is 47.2 Å². The Balaban J connectivity index is 1.25. The first-order chi connectivity index (χ1) is 16.3. The van der Waals surface area contributed by atoms with Gasteiger partial charge >= 0.3 is 0 Å². The Morgan fingerprint density at radius 3 is 2.70 bits per heavy atom. The van der Waals surface area contributed by atoms with Crippen LogP contribution in [-0.4, -0.2) is 48.6 Å². The minimum Gasteiger partial charge on any atom is -0.490 e. The molecule has 3 aromatic rings. The Bertz CT molecular complexity index is 1100. The third-order valence-corrected chi connectivity index (χ3v) is 5.34. The second-order valence-electron chi connectivity index (χ2n) is 7.73. The molecule has 0 saturated heterocycles. The summed E-state index contributed by atoms with van der Waals surface area (Å²) >= 11 is 0. The summed E-state index contributed by atoms with van der Waals surface area (Å²) in [5.74, 6) is 3.80. The minimum atomic E-state index is 0.279. The lowest BCUT2D eigenvalue weighted by atomic mass is 10.1. The van der Waals surface area contributed by atoms with Crippen LogP contribution in [-0.2, 0) is 13.0 Å². The summed E-state index contributed by atoms with van der Waals surface area (Å²) in [5.41, 5.74) is 2.03. The lowest BCUT2D eigenvalue weighted by Gasteiger charge is -2.15. The number of nitrogens with one attached hydrogen (secondary N) is 2. The van der Waals surface area contributed by atoms with Crippen LogP contribution in [0.3, 0.4) is 0 Å². The van der Waals surface area contributed by atoms with E-state index in [2.05, 4.69) is 15.6 Å². The molecule has 0 amide bonds. The number of fused-ring (bicyclic) bond motifs is 2. The van der Waals surface area contributed by atoms with Gasteiger partial charge in [-0.1, -0.05) is 6.07 Å². The molecule has 0 spiro atoms. The number of imidazole rings is 1. The van der Waals surface area contributed by atoms with Crippen LogP contribution in [0.5, 0.6) is 23.0 Å². The molecule has 2 N–H and O–H groups in total. The molecule has 9 heteroatoms. The first-order valence-electron chi connectivity index (χ1n) is 11.1. The molecule has 33 heavy (non-hydrogen) atoms. The van der Waals surface area contributed by atoms with Gasteiger partial charge in [0.05, 0.1) is 19.5 Å². The van der Waals surface area contributed by atoms with E-state index in [0.29, 0.717) is 32.3 Å². The molecule has 0 saturated carbocycles. The van der Waals surface area contributed by atoms with Gasteiger partial charge < -0.3 is 34.1 Å². The smallest absolute Gasteiger partial charge is 0.231 e. The number of rotatable bonds is 7. The number of hydrogen-bond donors (Lipinski definition) is 2. The van der Waals surface area contributed by atoms with Crippen LogP contribution in [0.25, 0.3) is 0 Å². The van der Waals surface area contributed by atoms with Crippen LogP contribution in [0.2, 0.25) is 0 Å².